The van der Waals surface area contributed by atoms with Gasteiger partial charge in [0.2, 0.25) is 5.78 Å². The second-order valence-corrected chi connectivity index (χ2v) is 16.6. The highest BCUT2D eigenvalue weighted by Gasteiger charge is 2.60. The van der Waals surface area contributed by atoms with Crippen LogP contribution >= 0.6 is 0 Å². The third-order valence-corrected chi connectivity index (χ3v) is 12.3. The molecule has 0 aromatic heterocycles. The Morgan fingerprint density at radius 2 is 1.80 bits per heavy atom. The van der Waals surface area contributed by atoms with Gasteiger partial charge in [0, 0.05) is 24.0 Å². The molecule has 0 amide bonds. The zero-order valence-electron chi connectivity index (χ0n) is 22.6. The van der Waals surface area contributed by atoms with Crippen LogP contribution in [0.5, 0.6) is 0 Å². The molecular formula is C27H40O7Si. The Bertz CT molecular complexity index is 982. The molecular weight excluding hydrogens is 464 g/mol. The molecule has 0 aliphatic heterocycles. The number of hydrogen-bond donors (Lipinski definition) is 0. The molecule has 35 heavy (non-hydrogen) atoms. The van der Waals surface area contributed by atoms with Gasteiger partial charge < -0.3 is 13.9 Å². The van der Waals surface area contributed by atoms with Crippen LogP contribution in [-0.2, 0) is 33.1 Å². The molecule has 0 aromatic rings. The molecule has 7 nitrogen and oxygen atoms in total. The zero-order chi connectivity index (χ0) is 27.0. The molecule has 0 bridgehead atoms. The number of esters is 2. The average molecular weight is 505 g/mol. The zero-order valence-corrected chi connectivity index (χ0v) is 23.6. The van der Waals surface area contributed by atoms with E-state index in [1.54, 1.807) is 12.2 Å². The van der Waals surface area contributed by atoms with Crippen LogP contribution in [0.25, 0.3) is 0 Å². The lowest BCUT2D eigenvalue weighted by Crippen LogP contribution is -2.60. The van der Waals surface area contributed by atoms with Crippen molar-refractivity contribution < 1.29 is 33.1 Å². The maximum Gasteiger partial charge on any atom is 0.330 e. The van der Waals surface area contributed by atoms with Crippen molar-refractivity contribution in [2.24, 2.45) is 10.8 Å². The van der Waals surface area contributed by atoms with Crippen LogP contribution in [0.1, 0.15) is 61.3 Å². The number of carbonyl (C=O) groups excluding carboxylic acids is 4. The first-order valence-electron chi connectivity index (χ1n) is 12.0. The standard InChI is InChI=1S/C27H40O7Si/c1-11-21(29)32-17-27(19-13-12-15-26(8,22(19)30)33-18(2)28)16-14-20(25(6,7)23(27)31)34-35(9,10)24(3,4)5/h11-13,15,20H,1,14,16-17H2,2-10H3/t20-,26-,27-/m0/s1. The van der Waals surface area contributed by atoms with Crippen molar-refractivity contribution in [2.75, 3.05) is 6.61 Å². The quantitative estimate of drug-likeness (QED) is 0.277. The SMILES string of the molecule is C=CC(=O)OC[C@]1(C2=CC=C[C@](C)(OC(C)=O)C2=O)CC[C@H](O[Si](C)(C)C(C)(C)C)C(C)(C)C1=O. The number of carbonyl (C=O) groups is 4. The molecule has 2 aliphatic carbocycles. The van der Waals surface area contributed by atoms with Gasteiger partial charge in [-0.1, -0.05) is 53.3 Å². The van der Waals surface area contributed by atoms with Crippen molar-refractivity contribution in [3.05, 3.63) is 36.5 Å². The van der Waals surface area contributed by atoms with Crippen LogP contribution in [0.15, 0.2) is 36.5 Å². The second kappa shape index (κ2) is 9.62. The predicted molar refractivity (Wildman–Crippen MR) is 136 cm³/mol. The molecule has 0 heterocycles. The van der Waals surface area contributed by atoms with E-state index >= 15 is 0 Å². The Kier molecular flexibility index (Phi) is 7.94. The number of rotatable bonds is 7. The Balaban J connectivity index is 2.55. The monoisotopic (exact) mass is 504 g/mol. The van der Waals surface area contributed by atoms with Gasteiger partial charge in [-0.3, -0.25) is 14.4 Å². The first kappa shape index (κ1) is 28.9. The number of hydrogen-bond acceptors (Lipinski definition) is 7. The minimum Gasteiger partial charge on any atom is -0.461 e. The number of Topliss-reactive ketones (excluding diaryl/α,β-unsaturated/α-hetero) is 2. The Morgan fingerprint density at radius 3 is 2.31 bits per heavy atom. The van der Waals surface area contributed by atoms with Crippen LogP contribution in [0.2, 0.25) is 18.1 Å². The van der Waals surface area contributed by atoms with Crippen molar-refractivity contribution in [1.29, 1.82) is 0 Å². The van der Waals surface area contributed by atoms with E-state index in [1.165, 1.54) is 19.9 Å². The smallest absolute Gasteiger partial charge is 0.330 e. The minimum atomic E-state index is -2.19. The maximum atomic E-state index is 14.3. The molecule has 1 saturated carbocycles. The van der Waals surface area contributed by atoms with Gasteiger partial charge in [0.15, 0.2) is 19.7 Å². The van der Waals surface area contributed by atoms with E-state index in [0.717, 1.165) is 6.08 Å². The third kappa shape index (κ3) is 5.43. The number of ketones is 2. The number of ether oxygens (including phenoxy) is 2. The summed E-state index contributed by atoms with van der Waals surface area (Å²) in [5, 5.41) is -0.0430. The van der Waals surface area contributed by atoms with Crippen LogP contribution < -0.4 is 0 Å². The Morgan fingerprint density at radius 1 is 1.20 bits per heavy atom. The van der Waals surface area contributed by atoms with Gasteiger partial charge in [0.05, 0.1) is 11.5 Å². The highest BCUT2D eigenvalue weighted by molar-refractivity contribution is 6.74. The van der Waals surface area contributed by atoms with Gasteiger partial charge in [0.1, 0.15) is 6.61 Å². The topological polar surface area (TPSA) is 96.0 Å². The van der Waals surface area contributed by atoms with Crippen LogP contribution in [0.3, 0.4) is 0 Å². The van der Waals surface area contributed by atoms with E-state index < -0.39 is 42.5 Å². The van der Waals surface area contributed by atoms with E-state index in [9.17, 15) is 19.2 Å². The molecule has 1 fully saturated rings. The fourth-order valence-corrected chi connectivity index (χ4v) is 6.06. The molecule has 0 unspecified atom stereocenters. The summed E-state index contributed by atoms with van der Waals surface area (Å²) >= 11 is 0. The first-order valence-corrected chi connectivity index (χ1v) is 14.9. The molecule has 3 atom stereocenters. The largest absolute Gasteiger partial charge is 0.461 e. The number of allylic oxidation sites excluding steroid dienone is 2. The predicted octanol–water partition coefficient (Wildman–Crippen LogP) is 4.87. The van der Waals surface area contributed by atoms with Crippen molar-refractivity contribution in [2.45, 2.75) is 91.1 Å². The first-order chi connectivity index (χ1) is 15.8. The van der Waals surface area contributed by atoms with E-state index in [0.29, 0.717) is 6.42 Å². The van der Waals surface area contributed by atoms with Crippen molar-refractivity contribution in [3.63, 3.8) is 0 Å². The Labute approximate surface area is 210 Å². The molecule has 8 heteroatoms. The summed E-state index contributed by atoms with van der Waals surface area (Å²) in [4.78, 5) is 51.7. The van der Waals surface area contributed by atoms with Gasteiger partial charge in [-0.15, -0.1) is 0 Å². The van der Waals surface area contributed by atoms with Crippen LogP contribution in [-0.4, -0.2) is 50.1 Å². The lowest BCUT2D eigenvalue weighted by atomic mass is 9.56. The molecule has 2 aliphatic rings. The average Bonchev–Trinajstić information content (AvgIpc) is 2.72. The van der Waals surface area contributed by atoms with E-state index in [4.69, 9.17) is 13.9 Å². The van der Waals surface area contributed by atoms with Gasteiger partial charge in [-0.05, 0) is 44.0 Å². The van der Waals surface area contributed by atoms with Crippen molar-refractivity contribution in [3.8, 4) is 0 Å². The van der Waals surface area contributed by atoms with Crippen molar-refractivity contribution >= 4 is 31.8 Å². The summed E-state index contributed by atoms with van der Waals surface area (Å²) in [6.45, 7) is 20.2. The minimum absolute atomic E-state index is 0.0430. The summed E-state index contributed by atoms with van der Waals surface area (Å²) in [6, 6.07) is 0. The highest BCUT2D eigenvalue weighted by Crippen LogP contribution is 2.52. The lowest BCUT2D eigenvalue weighted by molar-refractivity contribution is -0.161. The molecule has 0 aromatic carbocycles. The summed E-state index contributed by atoms with van der Waals surface area (Å²) in [6.07, 6.45) is 6.08. The summed E-state index contributed by atoms with van der Waals surface area (Å²) in [5.41, 5.74) is -3.75. The van der Waals surface area contributed by atoms with Gasteiger partial charge >= 0.3 is 11.9 Å². The second-order valence-electron chi connectivity index (χ2n) is 11.8. The third-order valence-electron chi connectivity index (χ3n) is 7.77. The molecule has 2 rings (SSSR count). The van der Waals surface area contributed by atoms with Crippen molar-refractivity contribution in [1.82, 2.24) is 0 Å². The summed E-state index contributed by atoms with van der Waals surface area (Å²) in [7, 11) is -2.19. The van der Waals surface area contributed by atoms with Crippen LogP contribution in [0, 0.1) is 10.8 Å². The Hall–Kier alpha value is -2.32. The molecule has 0 radical (unpaired) electrons. The highest BCUT2D eigenvalue weighted by atomic mass is 28.4. The van der Waals surface area contributed by atoms with Crippen LogP contribution in [0.4, 0.5) is 0 Å². The maximum absolute atomic E-state index is 14.3. The summed E-state index contributed by atoms with van der Waals surface area (Å²) in [5.74, 6) is -2.04. The normalized spacial score (nSPS) is 28.8. The van der Waals surface area contributed by atoms with E-state index in [2.05, 4.69) is 40.4 Å². The molecule has 0 saturated heterocycles. The summed E-state index contributed by atoms with van der Waals surface area (Å²) < 4.78 is 17.4. The van der Waals surface area contributed by atoms with Gasteiger partial charge in [-0.25, -0.2) is 4.79 Å². The molecule has 0 N–H and O–H groups in total. The van der Waals surface area contributed by atoms with E-state index in [-0.39, 0.29) is 35.5 Å². The van der Waals surface area contributed by atoms with E-state index in [1.807, 2.05) is 13.8 Å². The molecule has 194 valence electrons. The fraction of sp³-hybridized carbons (Fsp3) is 0.630. The molecule has 0 spiro atoms. The fourth-order valence-electron chi connectivity index (χ4n) is 4.58. The van der Waals surface area contributed by atoms with Gasteiger partial charge in [0.25, 0.3) is 0 Å². The lowest BCUT2D eigenvalue weighted by Gasteiger charge is -2.51. The van der Waals surface area contributed by atoms with Gasteiger partial charge in [-0.2, -0.15) is 0 Å².